The summed E-state index contributed by atoms with van der Waals surface area (Å²) < 4.78 is 35.3. The van der Waals surface area contributed by atoms with Crippen molar-refractivity contribution in [1.29, 1.82) is 5.41 Å². The van der Waals surface area contributed by atoms with Crippen molar-refractivity contribution in [2.75, 3.05) is 47.3 Å². The Balaban J connectivity index is 1.05. The van der Waals surface area contributed by atoms with Gasteiger partial charge in [-0.15, -0.1) is 27.1 Å². The Labute approximate surface area is 789 Å². The van der Waals surface area contributed by atoms with Crippen LogP contribution in [-0.4, -0.2) is 238 Å². The Kier molecular flexibility index (Phi) is 46.2. The minimum absolute atomic E-state index is 0.00179. The Morgan fingerprint density at radius 2 is 1.18 bits per heavy atom. The number of nitrogens with two attached hydrogens (primary N) is 2. The molecule has 48 heteroatoms. The monoisotopic (exact) mass is 1940 g/mol. The van der Waals surface area contributed by atoms with Crippen molar-refractivity contribution in [2.24, 2.45) is 35.1 Å². The number of guanidine groups is 1. The van der Waals surface area contributed by atoms with E-state index in [1.807, 2.05) is 6.92 Å². The van der Waals surface area contributed by atoms with Gasteiger partial charge in [0.15, 0.2) is 18.9 Å². The smallest absolute Gasteiger partial charge is 0.307 e. The molecule has 1 aliphatic rings. The maximum Gasteiger partial charge on any atom is 0.307 e. The molecule has 9 atom stereocenters. The van der Waals surface area contributed by atoms with Gasteiger partial charge in [-0.05, 0) is 136 Å². The number of likely N-dealkylation sites (tertiary alicyclic amines) is 1. The number of thioether (sulfide) groups is 1. The molecule has 3 heterocycles. The highest BCUT2D eigenvalue weighted by Crippen LogP contribution is 2.38. The molecule has 0 saturated carbocycles. The predicted octanol–water partition coefficient (Wildman–Crippen LogP) is 3.42. The van der Waals surface area contributed by atoms with E-state index in [9.17, 15) is 116 Å². The van der Waals surface area contributed by atoms with Crippen LogP contribution >= 0.6 is 23.1 Å². The van der Waals surface area contributed by atoms with E-state index >= 15 is 0 Å². The van der Waals surface area contributed by atoms with Gasteiger partial charge in [-0.2, -0.15) is 0 Å². The number of carboxylic acids is 3. The number of Topliss-reactive ketones (excluding diaryl/α,β-unsaturated/α-hetero) is 3. The number of carbonyl (C=O) groups is 18. The Hall–Kier alpha value is -13.3. The second kappa shape index (κ2) is 57.4. The Morgan fingerprint density at radius 1 is 0.607 bits per heavy atom. The summed E-state index contributed by atoms with van der Waals surface area (Å²) in [7, 11) is 0. The maximum atomic E-state index is 14.5. The van der Waals surface area contributed by atoms with Crippen LogP contribution in [0.25, 0.3) is 0 Å². The number of unbranched alkanes of at least 4 members (excludes halogenated alkanes) is 4. The lowest BCUT2D eigenvalue weighted by atomic mass is 9.73. The molecule has 5 aromatic rings. The third-order valence-corrected chi connectivity index (χ3v) is 24.7. The Bertz CT molecular complexity index is 4960. The zero-order valence-corrected chi connectivity index (χ0v) is 77.4. The lowest BCUT2D eigenvalue weighted by molar-refractivity contribution is -0.144. The number of imide groups is 1. The normalized spacial score (nSPS) is 14.3. The fourth-order valence-corrected chi connectivity index (χ4v) is 16.9. The van der Waals surface area contributed by atoms with Crippen LogP contribution in [0.1, 0.15) is 205 Å². The van der Waals surface area contributed by atoms with Crippen molar-refractivity contribution in [2.45, 2.75) is 236 Å². The number of aromatic hydroxyl groups is 2. The third-order valence-electron chi connectivity index (χ3n) is 22.0. The van der Waals surface area contributed by atoms with Crippen molar-refractivity contribution in [1.82, 2.24) is 67.3 Å². The molecular weight excluding hydrogens is 1820 g/mol. The molecule has 11 amide bonds. The molecule has 736 valence electrons. The Morgan fingerprint density at radius 3 is 1.77 bits per heavy atom. The molecule has 45 nitrogen and oxygen atoms in total. The van der Waals surface area contributed by atoms with Crippen LogP contribution in [0.15, 0.2) is 79.0 Å². The largest absolute Gasteiger partial charge is 0.508 e. The van der Waals surface area contributed by atoms with Gasteiger partial charge < -0.3 is 89.6 Å². The topological polar surface area (TPSA) is 711 Å². The van der Waals surface area contributed by atoms with E-state index in [4.69, 9.17) is 22.8 Å². The zero-order chi connectivity index (χ0) is 100. The summed E-state index contributed by atoms with van der Waals surface area (Å²) in [5.74, 6) is -20.1. The van der Waals surface area contributed by atoms with E-state index in [-0.39, 0.29) is 176 Å². The number of primary amides is 1. The number of aryl methyl sites for hydroxylation is 2. The number of nitrogens with one attached hydrogen (secondary N) is 11. The molecule has 135 heavy (non-hydrogen) atoms. The summed E-state index contributed by atoms with van der Waals surface area (Å²) in [6.07, 6.45) is -2.39. The van der Waals surface area contributed by atoms with Gasteiger partial charge in [-0.1, -0.05) is 86.6 Å². The summed E-state index contributed by atoms with van der Waals surface area (Å²) in [4.78, 5) is 239. The molecule has 6 rings (SSSR count). The number of nitrogens with zero attached hydrogens (tertiary/aromatic N) is 6. The second-order valence-electron chi connectivity index (χ2n) is 32.9. The van der Waals surface area contributed by atoms with Crippen molar-refractivity contribution >= 4 is 163 Å². The average Bonchev–Trinajstić information content (AvgIpc) is 0.952. The van der Waals surface area contributed by atoms with Crippen molar-refractivity contribution in [3.05, 3.63) is 101 Å². The van der Waals surface area contributed by atoms with Gasteiger partial charge in [0.05, 0.1) is 41.8 Å². The number of ketones is 3. The molecule has 1 saturated heterocycles. The lowest BCUT2D eigenvalue weighted by Gasteiger charge is -2.31. The number of benzene rings is 3. The van der Waals surface area contributed by atoms with Crippen molar-refractivity contribution < 1.29 is 127 Å². The van der Waals surface area contributed by atoms with Gasteiger partial charge in [-0.3, -0.25) is 111 Å². The third kappa shape index (κ3) is 40.6. The molecule has 1 aliphatic heterocycles. The first-order chi connectivity index (χ1) is 64.5. The lowest BCUT2D eigenvalue weighted by Crippen LogP contribution is -2.53. The van der Waals surface area contributed by atoms with Crippen molar-refractivity contribution in [3.8, 4) is 11.5 Å². The number of hydrogen-bond donors (Lipinski definition) is 19. The molecule has 2 unspecified atom stereocenters. The van der Waals surface area contributed by atoms with Gasteiger partial charge >= 0.3 is 17.9 Å². The highest BCUT2D eigenvalue weighted by Gasteiger charge is 2.41. The van der Waals surface area contributed by atoms with Gasteiger partial charge in [0.2, 0.25) is 75.2 Å². The summed E-state index contributed by atoms with van der Waals surface area (Å²) >= 11 is -0.826. The number of aromatic nitrogens is 5. The molecule has 0 aliphatic carbocycles. The van der Waals surface area contributed by atoms with Gasteiger partial charge in [0, 0.05) is 132 Å². The fraction of sp³-hybridized carbons (Fsp3) is 0.529. The summed E-state index contributed by atoms with van der Waals surface area (Å²) in [6, 6.07) is 12.6. The van der Waals surface area contributed by atoms with Gasteiger partial charge in [0.1, 0.15) is 36.0 Å². The number of phenolic OH excluding ortho intramolecular Hbond substituents is 2. The van der Waals surface area contributed by atoms with E-state index < -0.39 is 209 Å². The van der Waals surface area contributed by atoms with E-state index in [1.54, 1.807) is 56.4 Å². The van der Waals surface area contributed by atoms with E-state index in [0.717, 1.165) is 39.1 Å². The first kappa shape index (κ1) is 109. The molecule has 2 aromatic heterocycles. The molecule has 21 N–H and O–H groups in total. The second-order valence-corrected chi connectivity index (χ2v) is 35.8. The quantitative estimate of drug-likeness (QED) is 0.00662. The summed E-state index contributed by atoms with van der Waals surface area (Å²) in [5, 5.41) is 95.9. The minimum atomic E-state index is -2.41. The van der Waals surface area contributed by atoms with Crippen LogP contribution in [0.4, 0.5) is 16.0 Å². The van der Waals surface area contributed by atoms with Crippen LogP contribution in [0.2, 0.25) is 0 Å². The highest BCUT2D eigenvalue weighted by atomic mass is 32.2. The summed E-state index contributed by atoms with van der Waals surface area (Å²) in [5.41, 5.74) is 13.0. The van der Waals surface area contributed by atoms with Crippen LogP contribution in [0.5, 0.6) is 11.5 Å². The van der Waals surface area contributed by atoms with Gasteiger partial charge in [-0.25, -0.2) is 4.21 Å². The van der Waals surface area contributed by atoms with Crippen LogP contribution < -0.4 is 64.0 Å². The van der Waals surface area contributed by atoms with Crippen molar-refractivity contribution in [3.63, 3.8) is 0 Å². The number of phenols is 2. The van der Waals surface area contributed by atoms with Gasteiger partial charge in [0.25, 0.3) is 17.7 Å². The number of ether oxygens (including phenoxy) is 1. The molecule has 1 fully saturated rings. The van der Waals surface area contributed by atoms with E-state index in [1.165, 1.54) is 41.1 Å². The number of carbonyl (C=O) groups excluding carboxylic acids is 15. The van der Waals surface area contributed by atoms with Crippen LogP contribution in [-0.2, 0) is 127 Å². The fourth-order valence-electron chi connectivity index (χ4n) is 14.5. The zero-order valence-electron chi connectivity index (χ0n) is 75.9. The molecule has 3 aromatic carbocycles. The predicted molar refractivity (Wildman–Crippen MR) is 490 cm³/mol. The average molecular weight is 1940 g/mol. The standard InChI is InChI=1S/C87H119N19O26S3/c1-51(2)62(79(124)96-64(16-6-7-18-70(88)113)80(125)94-57-26-20-52(21-27-57)48-132-50-107)43-61(110)15-5-4-9-40-106-75(118)46-69(82(106)127)133-49-54(83(128)129)42-68(112)65(44-76(119)120)97-78(123)53(13-12-36-93-84(89)90)41-67(111)66(45-77(121)122)98-81(126)63(17-8-10-39-105-47-58(100-104-105)14-11-19-73(116)99-85-101-102-86(134-85)103-135(130)131)95-74(117)34-38-92-72(115)33-37-91-71(114)32-35-87(3,55-22-28-59(108)29-23-55)56-24-30-60(109)31-25-56/h20-31,47,50-51,53-54,62-66,69,108-109H,4-19,32-46,48-49H2,1-3H3,(H2,88,113)(H,91,114)(H,92,115)(H,94,125)(H,95,117)(H,96,124)(H,97,123)(H,98,126)(H,102,103)(H,119,120)(H,121,122)(H,128,129)(H,130,131)(H4,89,90,93)(H,99,101,116)/t53-,54+,62+,63-,64+,65+,66+,69?/m1/s1/i50D. The molecule has 0 radical (unpaired) electrons. The van der Waals surface area contributed by atoms with Crippen LogP contribution in [0.3, 0.4) is 0 Å². The molecule has 0 spiro atoms. The SMILES string of the molecule is [2H]C(=O)OCc1ccc(NC(=O)[C@H](CCCCC(N)=O)NC(=O)[C@@H](CC(=O)CCCCCN2C(=O)CC(SC[C@H](CC(=O)[C@H](CC(=O)O)NC(=O)[C@H](CCCNC(=N)N)CC(=O)[C@H](CC(=O)O)NC(=O)[C@@H](CCCCn3cc(CCCC(=O)Nc4nnc(NS(=O)O)s4)nn3)NC(=O)CCNC(=O)CCNC(=O)CCC(C)(c3ccc(O)cc3)c3ccc(O)cc3)C(=O)O)C2=O)C(C)C)cc1. The first-order valence-electron chi connectivity index (χ1n) is 44.4. The number of amides is 11. The molecule has 0 bridgehead atoms. The number of hydrogen-bond acceptors (Lipinski definition) is 29. The highest BCUT2D eigenvalue weighted by molar-refractivity contribution is 8.00. The summed E-state index contributed by atoms with van der Waals surface area (Å²) in [6.45, 7) is 4.83. The van der Waals surface area contributed by atoms with E-state index in [2.05, 4.69) is 77.8 Å². The van der Waals surface area contributed by atoms with Crippen LogP contribution in [0, 0.1) is 29.1 Å². The number of aliphatic carboxylic acids is 3. The van der Waals surface area contributed by atoms with E-state index in [0.29, 0.717) is 49.0 Å². The first-order valence-corrected chi connectivity index (χ1v) is 46.8. The molecular formula is C87H119N19O26S3. The maximum absolute atomic E-state index is 14.5. The number of rotatable bonds is 66. The minimum Gasteiger partial charge on any atom is -0.508 e. The number of anilines is 3. The number of carboxylic acid groups (broad SMARTS) is 3.